The van der Waals surface area contributed by atoms with E-state index >= 15 is 0 Å². The summed E-state index contributed by atoms with van der Waals surface area (Å²) in [5.74, 6) is 0.681. The summed E-state index contributed by atoms with van der Waals surface area (Å²) in [7, 11) is 0. The van der Waals surface area contributed by atoms with Crippen molar-refractivity contribution >= 4 is 28.3 Å². The van der Waals surface area contributed by atoms with Gasteiger partial charge in [0.2, 0.25) is 5.91 Å². The zero-order valence-electron chi connectivity index (χ0n) is 16.0. The van der Waals surface area contributed by atoms with Crippen LogP contribution in [0.2, 0.25) is 0 Å². The van der Waals surface area contributed by atoms with Gasteiger partial charge in [0.1, 0.15) is 5.75 Å². The van der Waals surface area contributed by atoms with E-state index in [1.165, 1.54) is 24.2 Å². The number of carbonyl (C=O) groups is 2. The number of benzene rings is 1. The van der Waals surface area contributed by atoms with Crippen LogP contribution in [0.4, 0.5) is 5.13 Å². The lowest BCUT2D eigenvalue weighted by Crippen LogP contribution is -2.35. The molecule has 2 aromatic rings. The van der Waals surface area contributed by atoms with Gasteiger partial charge in [0.25, 0.3) is 5.91 Å². The smallest absolute Gasteiger partial charge is 0.258 e. The van der Waals surface area contributed by atoms with E-state index in [1.54, 1.807) is 12.1 Å². The molecule has 1 aliphatic rings. The number of amides is 2. The molecular formula is C20H26N4O3S. The number of thiazole rings is 1. The number of hydrogen-bond donors (Lipinski definition) is 2. The maximum atomic E-state index is 12.0. The Bertz CT molecular complexity index is 781. The molecule has 2 amide bonds. The summed E-state index contributed by atoms with van der Waals surface area (Å²) in [6.45, 7) is 5.03. The first-order valence-electron chi connectivity index (χ1n) is 9.49. The monoisotopic (exact) mass is 402 g/mol. The third-order valence-electron chi connectivity index (χ3n) is 4.48. The molecule has 8 heteroatoms. The van der Waals surface area contributed by atoms with E-state index in [-0.39, 0.29) is 25.0 Å². The van der Waals surface area contributed by atoms with Crippen molar-refractivity contribution in [2.75, 3.05) is 31.6 Å². The van der Waals surface area contributed by atoms with Crippen molar-refractivity contribution in [3.63, 3.8) is 0 Å². The lowest BCUT2D eigenvalue weighted by molar-refractivity contribution is -0.125. The van der Waals surface area contributed by atoms with Crippen LogP contribution in [0.3, 0.4) is 0 Å². The van der Waals surface area contributed by atoms with E-state index in [1.807, 2.05) is 23.6 Å². The predicted molar refractivity (Wildman–Crippen MR) is 109 cm³/mol. The molecule has 0 bridgehead atoms. The predicted octanol–water partition coefficient (Wildman–Crippen LogP) is 2.51. The molecule has 150 valence electrons. The van der Waals surface area contributed by atoms with Gasteiger partial charge in [0, 0.05) is 18.5 Å². The molecule has 0 spiro atoms. The number of nitrogens with zero attached hydrogens (tertiary/aromatic N) is 2. The SMILES string of the molecule is CC1CCCN(Cc2csc(NC(=O)CNC(=O)COc3ccccc3)n2)C1. The van der Waals surface area contributed by atoms with Crippen molar-refractivity contribution in [1.29, 1.82) is 0 Å². The van der Waals surface area contributed by atoms with Crippen LogP contribution in [-0.4, -0.2) is 47.9 Å². The van der Waals surface area contributed by atoms with Crippen LogP contribution in [0.5, 0.6) is 5.75 Å². The third kappa shape index (κ3) is 6.61. The number of anilines is 1. The molecule has 1 aromatic carbocycles. The van der Waals surface area contributed by atoms with E-state index < -0.39 is 0 Å². The minimum atomic E-state index is -0.349. The molecule has 1 atom stereocenters. The van der Waals surface area contributed by atoms with Crippen molar-refractivity contribution in [3.8, 4) is 5.75 Å². The topological polar surface area (TPSA) is 83.6 Å². The van der Waals surface area contributed by atoms with Crippen molar-refractivity contribution in [2.24, 2.45) is 5.92 Å². The van der Waals surface area contributed by atoms with E-state index in [4.69, 9.17) is 4.74 Å². The molecule has 3 rings (SSSR count). The molecule has 1 unspecified atom stereocenters. The number of carbonyl (C=O) groups excluding carboxylic acids is 2. The summed E-state index contributed by atoms with van der Waals surface area (Å²) in [6.07, 6.45) is 2.51. The Morgan fingerprint density at radius 2 is 2.11 bits per heavy atom. The molecule has 0 aliphatic carbocycles. The van der Waals surface area contributed by atoms with Crippen molar-refractivity contribution in [1.82, 2.24) is 15.2 Å². The summed E-state index contributed by atoms with van der Waals surface area (Å²) in [5, 5.41) is 7.80. The molecule has 2 N–H and O–H groups in total. The van der Waals surface area contributed by atoms with Crippen LogP contribution in [0, 0.1) is 5.92 Å². The Morgan fingerprint density at radius 3 is 2.89 bits per heavy atom. The number of ether oxygens (including phenoxy) is 1. The number of likely N-dealkylation sites (tertiary alicyclic amines) is 1. The first-order valence-corrected chi connectivity index (χ1v) is 10.4. The highest BCUT2D eigenvalue weighted by atomic mass is 32.1. The molecule has 1 aromatic heterocycles. The normalized spacial score (nSPS) is 17.1. The van der Waals surface area contributed by atoms with Crippen LogP contribution in [0.25, 0.3) is 0 Å². The van der Waals surface area contributed by atoms with Gasteiger partial charge >= 0.3 is 0 Å². The fourth-order valence-corrected chi connectivity index (χ4v) is 3.87. The Hall–Kier alpha value is -2.45. The van der Waals surface area contributed by atoms with Crippen LogP contribution >= 0.6 is 11.3 Å². The van der Waals surface area contributed by atoms with E-state index in [9.17, 15) is 9.59 Å². The highest BCUT2D eigenvalue weighted by Crippen LogP contribution is 2.20. The lowest BCUT2D eigenvalue weighted by atomic mass is 10.0. The van der Waals surface area contributed by atoms with Gasteiger partial charge in [-0.1, -0.05) is 25.1 Å². The molecule has 2 heterocycles. The number of piperidine rings is 1. The van der Waals surface area contributed by atoms with Gasteiger partial charge < -0.3 is 15.4 Å². The van der Waals surface area contributed by atoms with Gasteiger partial charge in [-0.05, 0) is 37.4 Å². The van der Waals surface area contributed by atoms with Crippen LogP contribution < -0.4 is 15.4 Å². The second-order valence-corrected chi connectivity index (χ2v) is 7.91. The second-order valence-electron chi connectivity index (χ2n) is 7.05. The van der Waals surface area contributed by atoms with Crippen molar-refractivity contribution < 1.29 is 14.3 Å². The van der Waals surface area contributed by atoms with Gasteiger partial charge in [-0.2, -0.15) is 0 Å². The summed E-state index contributed by atoms with van der Waals surface area (Å²) < 4.78 is 5.34. The van der Waals surface area contributed by atoms with Crippen LogP contribution in [0.15, 0.2) is 35.7 Å². The Labute approximate surface area is 169 Å². The molecule has 28 heavy (non-hydrogen) atoms. The average Bonchev–Trinajstić information content (AvgIpc) is 3.12. The second kappa shape index (κ2) is 10.2. The van der Waals surface area contributed by atoms with Gasteiger partial charge in [0.05, 0.1) is 12.2 Å². The Morgan fingerprint density at radius 1 is 1.29 bits per heavy atom. The number of hydrogen-bond acceptors (Lipinski definition) is 6. The molecule has 1 saturated heterocycles. The first-order chi connectivity index (χ1) is 13.6. The first kappa shape index (κ1) is 20.3. The quantitative estimate of drug-likeness (QED) is 0.709. The molecule has 7 nitrogen and oxygen atoms in total. The molecule has 1 aliphatic heterocycles. The van der Waals surface area contributed by atoms with Gasteiger partial charge in [-0.25, -0.2) is 4.98 Å². The zero-order chi connectivity index (χ0) is 19.8. The molecular weight excluding hydrogens is 376 g/mol. The summed E-state index contributed by atoms with van der Waals surface area (Å²) >= 11 is 1.40. The van der Waals surface area contributed by atoms with Crippen LogP contribution in [-0.2, 0) is 16.1 Å². The minimum Gasteiger partial charge on any atom is -0.484 e. The van der Waals surface area contributed by atoms with Gasteiger partial charge in [0.15, 0.2) is 11.7 Å². The highest BCUT2D eigenvalue weighted by Gasteiger charge is 2.17. The van der Waals surface area contributed by atoms with E-state index in [2.05, 4.69) is 27.4 Å². The minimum absolute atomic E-state index is 0.116. The van der Waals surface area contributed by atoms with Crippen molar-refractivity contribution in [3.05, 3.63) is 41.4 Å². The number of para-hydroxylation sites is 1. The standard InChI is InChI=1S/C20H26N4O3S/c1-15-6-5-9-24(11-15)12-16-14-28-20(22-16)23-18(25)10-21-19(26)13-27-17-7-3-2-4-8-17/h2-4,7-8,14-15H,5-6,9-13H2,1H3,(H,21,26)(H,22,23,25). The van der Waals surface area contributed by atoms with E-state index in [0.29, 0.717) is 10.9 Å². The maximum absolute atomic E-state index is 12.0. The van der Waals surface area contributed by atoms with Crippen molar-refractivity contribution in [2.45, 2.75) is 26.3 Å². The van der Waals surface area contributed by atoms with E-state index in [0.717, 1.165) is 31.2 Å². The third-order valence-corrected chi connectivity index (χ3v) is 5.29. The van der Waals surface area contributed by atoms with Gasteiger partial charge in [-0.3, -0.25) is 14.5 Å². The molecule has 1 fully saturated rings. The fourth-order valence-electron chi connectivity index (χ4n) is 3.16. The summed E-state index contributed by atoms with van der Waals surface area (Å²) in [4.78, 5) is 30.7. The Kier molecular flexibility index (Phi) is 7.39. The average molecular weight is 403 g/mol. The lowest BCUT2D eigenvalue weighted by Gasteiger charge is -2.30. The molecule has 0 radical (unpaired) electrons. The maximum Gasteiger partial charge on any atom is 0.258 e. The highest BCUT2D eigenvalue weighted by molar-refractivity contribution is 7.13. The number of nitrogens with one attached hydrogen (secondary N) is 2. The fraction of sp³-hybridized carbons (Fsp3) is 0.450. The largest absolute Gasteiger partial charge is 0.484 e. The molecule has 0 saturated carbocycles. The van der Waals surface area contributed by atoms with Crippen LogP contribution in [0.1, 0.15) is 25.5 Å². The Balaban J connectivity index is 1.36. The number of rotatable bonds is 8. The van der Waals surface area contributed by atoms with Gasteiger partial charge in [-0.15, -0.1) is 11.3 Å². The summed E-state index contributed by atoms with van der Waals surface area (Å²) in [6, 6.07) is 9.06. The summed E-state index contributed by atoms with van der Waals surface area (Å²) in [5.41, 5.74) is 0.967. The zero-order valence-corrected chi connectivity index (χ0v) is 16.8. The number of aromatic nitrogens is 1.